The van der Waals surface area contributed by atoms with E-state index in [1.807, 2.05) is 37.6 Å². The van der Waals surface area contributed by atoms with E-state index < -0.39 is 5.97 Å². The third-order valence-corrected chi connectivity index (χ3v) is 4.72. The number of nitrogens with zero attached hydrogens (tertiary/aromatic N) is 1. The van der Waals surface area contributed by atoms with Gasteiger partial charge in [-0.05, 0) is 25.5 Å². The van der Waals surface area contributed by atoms with Crippen molar-refractivity contribution in [3.63, 3.8) is 0 Å². The van der Waals surface area contributed by atoms with Crippen LogP contribution in [0.1, 0.15) is 23.2 Å². The molecule has 0 aliphatic carbocycles. The molecule has 6 nitrogen and oxygen atoms in total. The van der Waals surface area contributed by atoms with Gasteiger partial charge in [0.1, 0.15) is 5.01 Å². The summed E-state index contributed by atoms with van der Waals surface area (Å²) in [5.74, 6) is -0.543. The Balaban J connectivity index is 2.37. The fourth-order valence-electron chi connectivity index (χ4n) is 2.40. The van der Waals surface area contributed by atoms with E-state index in [1.165, 1.54) is 24.6 Å². The predicted molar refractivity (Wildman–Crippen MR) is 109 cm³/mol. The molecule has 0 aliphatic heterocycles. The highest BCUT2D eigenvalue weighted by Crippen LogP contribution is 2.31. The molecule has 0 bridgehead atoms. The molecule has 0 unspecified atom stereocenters. The molecule has 0 saturated heterocycles. The number of hydrogen-bond acceptors (Lipinski definition) is 5. The van der Waals surface area contributed by atoms with Gasteiger partial charge in [-0.15, -0.1) is 11.3 Å². The zero-order valence-corrected chi connectivity index (χ0v) is 16.2. The number of allylic oxidation sites excluding steroid dienone is 3. The number of methoxy groups -OCH3 is 1. The molecule has 0 spiro atoms. The van der Waals surface area contributed by atoms with Crippen LogP contribution >= 0.6 is 11.3 Å². The Kier molecular flexibility index (Phi) is 7.08. The van der Waals surface area contributed by atoms with Gasteiger partial charge in [-0.3, -0.25) is 4.79 Å². The van der Waals surface area contributed by atoms with Crippen molar-refractivity contribution in [2.24, 2.45) is 0 Å². The molecule has 2 heterocycles. The highest BCUT2D eigenvalue weighted by Gasteiger charge is 2.13. The van der Waals surface area contributed by atoms with Crippen LogP contribution in [0.4, 0.5) is 0 Å². The monoisotopic (exact) mass is 383 g/mol. The van der Waals surface area contributed by atoms with E-state index in [4.69, 9.17) is 4.74 Å². The Morgan fingerprint density at radius 3 is 2.89 bits per heavy atom. The molecule has 0 fully saturated rings. The van der Waals surface area contributed by atoms with Crippen molar-refractivity contribution in [3.05, 3.63) is 64.4 Å². The van der Waals surface area contributed by atoms with E-state index in [2.05, 4.69) is 21.9 Å². The SMILES string of the molecule is C=C/C=C\c1c(-c2csc(/C(C)=C/C(=C\NC=O)C(=O)OC)n2)c[nH]c1C. The number of thiazole rings is 1. The molecule has 2 aromatic heterocycles. The molecule has 0 radical (unpaired) electrons. The van der Waals surface area contributed by atoms with Crippen LogP contribution in [0, 0.1) is 6.92 Å². The van der Waals surface area contributed by atoms with Gasteiger partial charge in [-0.1, -0.05) is 24.8 Å². The highest BCUT2D eigenvalue weighted by atomic mass is 32.1. The minimum absolute atomic E-state index is 0.228. The van der Waals surface area contributed by atoms with Gasteiger partial charge in [0.15, 0.2) is 0 Å². The zero-order chi connectivity index (χ0) is 19.8. The quantitative estimate of drug-likeness (QED) is 0.314. The summed E-state index contributed by atoms with van der Waals surface area (Å²) in [5, 5.41) is 5.09. The van der Waals surface area contributed by atoms with Gasteiger partial charge in [-0.2, -0.15) is 0 Å². The molecule has 0 aliphatic rings. The minimum Gasteiger partial charge on any atom is -0.465 e. The Labute approximate surface area is 162 Å². The topological polar surface area (TPSA) is 84.1 Å². The van der Waals surface area contributed by atoms with Crippen molar-refractivity contribution >= 4 is 35.4 Å². The van der Waals surface area contributed by atoms with Gasteiger partial charge in [0.2, 0.25) is 6.41 Å². The van der Waals surface area contributed by atoms with E-state index in [9.17, 15) is 9.59 Å². The Morgan fingerprint density at radius 1 is 1.44 bits per heavy atom. The number of H-pyrrole nitrogens is 1. The van der Waals surface area contributed by atoms with Crippen molar-refractivity contribution in [2.45, 2.75) is 13.8 Å². The van der Waals surface area contributed by atoms with Crippen molar-refractivity contribution in [3.8, 4) is 11.3 Å². The summed E-state index contributed by atoms with van der Waals surface area (Å²) >= 11 is 1.47. The maximum atomic E-state index is 11.8. The second kappa shape index (κ2) is 9.49. The average Bonchev–Trinajstić information content (AvgIpc) is 3.29. The molecular weight excluding hydrogens is 362 g/mol. The summed E-state index contributed by atoms with van der Waals surface area (Å²) in [4.78, 5) is 30.2. The summed E-state index contributed by atoms with van der Waals surface area (Å²) in [7, 11) is 1.29. The van der Waals surface area contributed by atoms with Crippen LogP contribution in [0.25, 0.3) is 22.9 Å². The Hall–Kier alpha value is -3.19. The van der Waals surface area contributed by atoms with Gasteiger partial charge in [0, 0.05) is 34.6 Å². The standard InChI is InChI=1S/C20H21N3O3S/c1-5-6-7-16-14(3)22-10-17(16)18-11-27-19(23-18)13(2)8-15(9-21-12-24)20(25)26-4/h5-12,22H,1H2,2-4H3,(H,21,24)/b7-6-,13-8+,15-9+. The number of esters is 1. The number of aryl methyl sites for hydroxylation is 1. The molecule has 0 aromatic carbocycles. The number of aromatic nitrogens is 2. The number of amides is 1. The highest BCUT2D eigenvalue weighted by molar-refractivity contribution is 7.11. The molecule has 7 heteroatoms. The normalized spacial score (nSPS) is 12.3. The first-order valence-corrected chi connectivity index (χ1v) is 8.99. The number of carbonyl (C=O) groups excluding carboxylic acids is 2. The number of rotatable bonds is 8. The molecule has 1 amide bonds. The van der Waals surface area contributed by atoms with Gasteiger partial charge < -0.3 is 15.0 Å². The van der Waals surface area contributed by atoms with Crippen molar-refractivity contribution in [2.75, 3.05) is 7.11 Å². The van der Waals surface area contributed by atoms with Crippen molar-refractivity contribution in [1.29, 1.82) is 0 Å². The summed E-state index contributed by atoms with van der Waals surface area (Å²) in [6.45, 7) is 7.55. The maximum absolute atomic E-state index is 11.8. The number of nitrogens with one attached hydrogen (secondary N) is 2. The molecule has 0 atom stereocenters. The third kappa shape index (κ3) is 4.92. The summed E-state index contributed by atoms with van der Waals surface area (Å²) in [6.07, 6.45) is 10.9. The van der Waals surface area contributed by atoms with Gasteiger partial charge >= 0.3 is 5.97 Å². The lowest BCUT2D eigenvalue weighted by molar-refractivity contribution is -0.135. The fourth-order valence-corrected chi connectivity index (χ4v) is 3.20. The van der Waals surface area contributed by atoms with E-state index in [0.717, 1.165) is 33.1 Å². The van der Waals surface area contributed by atoms with Crippen molar-refractivity contribution < 1.29 is 14.3 Å². The van der Waals surface area contributed by atoms with Gasteiger partial charge in [-0.25, -0.2) is 9.78 Å². The minimum atomic E-state index is -0.543. The second-order valence-corrected chi connectivity index (χ2v) is 6.43. The maximum Gasteiger partial charge on any atom is 0.339 e. The number of aromatic amines is 1. The van der Waals surface area contributed by atoms with Crippen LogP contribution in [0.15, 0.2) is 48.2 Å². The van der Waals surface area contributed by atoms with E-state index in [0.29, 0.717) is 6.41 Å². The number of carbonyl (C=O) groups is 2. The molecule has 2 N–H and O–H groups in total. The summed E-state index contributed by atoms with van der Waals surface area (Å²) in [5.41, 5.74) is 4.94. The van der Waals surface area contributed by atoms with Crippen LogP contribution < -0.4 is 5.32 Å². The van der Waals surface area contributed by atoms with Crippen molar-refractivity contribution in [1.82, 2.24) is 15.3 Å². The van der Waals surface area contributed by atoms with Crippen LogP contribution in [0.2, 0.25) is 0 Å². The number of hydrogen-bond donors (Lipinski definition) is 2. The Morgan fingerprint density at radius 2 is 2.22 bits per heavy atom. The molecule has 0 saturated carbocycles. The molecular formula is C20H21N3O3S. The largest absolute Gasteiger partial charge is 0.465 e. The van der Waals surface area contributed by atoms with Crippen LogP contribution in [-0.4, -0.2) is 29.5 Å². The molecule has 2 aromatic rings. The smallest absolute Gasteiger partial charge is 0.339 e. The summed E-state index contributed by atoms with van der Waals surface area (Å²) < 4.78 is 4.73. The first kappa shape index (κ1) is 20.1. The molecule has 27 heavy (non-hydrogen) atoms. The third-order valence-electron chi connectivity index (χ3n) is 3.74. The summed E-state index contributed by atoms with van der Waals surface area (Å²) in [6, 6.07) is 0. The predicted octanol–water partition coefficient (Wildman–Crippen LogP) is 3.85. The molecule has 140 valence electrons. The molecule has 2 rings (SSSR count). The van der Waals surface area contributed by atoms with Crippen LogP contribution in [0.5, 0.6) is 0 Å². The van der Waals surface area contributed by atoms with Crippen LogP contribution in [-0.2, 0) is 14.3 Å². The fraction of sp³-hybridized carbons (Fsp3) is 0.150. The second-order valence-electron chi connectivity index (χ2n) is 5.58. The lowest BCUT2D eigenvalue weighted by Gasteiger charge is -2.02. The van der Waals surface area contributed by atoms with Gasteiger partial charge in [0.25, 0.3) is 0 Å². The lowest BCUT2D eigenvalue weighted by Crippen LogP contribution is -2.09. The first-order chi connectivity index (χ1) is 13.0. The lowest BCUT2D eigenvalue weighted by atomic mass is 10.1. The number of ether oxygens (including phenoxy) is 1. The van der Waals surface area contributed by atoms with Crippen LogP contribution in [0.3, 0.4) is 0 Å². The Bertz CT molecular complexity index is 932. The first-order valence-electron chi connectivity index (χ1n) is 8.11. The van der Waals surface area contributed by atoms with E-state index >= 15 is 0 Å². The average molecular weight is 383 g/mol. The zero-order valence-electron chi connectivity index (χ0n) is 15.4. The van der Waals surface area contributed by atoms with E-state index in [-0.39, 0.29) is 5.57 Å². The van der Waals surface area contributed by atoms with E-state index in [1.54, 1.807) is 12.2 Å². The van der Waals surface area contributed by atoms with Gasteiger partial charge in [0.05, 0.1) is 18.4 Å².